The van der Waals surface area contributed by atoms with E-state index in [1.54, 1.807) is 23.0 Å². The lowest BCUT2D eigenvalue weighted by molar-refractivity contribution is -0.123. The lowest BCUT2D eigenvalue weighted by Crippen LogP contribution is -2.49. The maximum absolute atomic E-state index is 13.0. The Labute approximate surface area is 180 Å². The molecule has 7 nitrogen and oxygen atoms in total. The Balaban J connectivity index is 1.55. The van der Waals surface area contributed by atoms with Gasteiger partial charge in [0.05, 0.1) is 5.69 Å². The summed E-state index contributed by atoms with van der Waals surface area (Å²) in [5.74, 6) is -0.587. The number of carbonyl (C=O) groups is 2. The van der Waals surface area contributed by atoms with E-state index in [0.717, 1.165) is 23.2 Å². The molecule has 0 bridgehead atoms. The molecule has 162 valence electrons. The fraction of sp³-hybridized carbons (Fsp3) is 0.261. The average molecular weight is 423 g/mol. The van der Waals surface area contributed by atoms with Gasteiger partial charge in [0.15, 0.2) is 0 Å². The predicted molar refractivity (Wildman–Crippen MR) is 116 cm³/mol. The molecule has 0 saturated carbocycles. The molecule has 0 aliphatic carbocycles. The standard InChI is InChI=1S/C23H26FN5O2/c1-2-6-20(28-23(31)26-15-17-9-11-19(24)12-10-17)22(30)25-16-18-7-3-4-8-21(18)29-14-5-13-27-29/h3-5,7-14,20H,2,6,15-16H2,1H3,(H,25,30)(H2,26,28,31). The van der Waals surface area contributed by atoms with Crippen molar-refractivity contribution in [1.29, 1.82) is 0 Å². The Kier molecular flexibility index (Phi) is 7.75. The van der Waals surface area contributed by atoms with Crippen molar-refractivity contribution in [3.05, 3.63) is 83.9 Å². The van der Waals surface area contributed by atoms with Crippen LogP contribution in [-0.2, 0) is 17.9 Å². The lowest BCUT2D eigenvalue weighted by atomic mass is 10.1. The Morgan fingerprint density at radius 3 is 2.52 bits per heavy atom. The Hall–Kier alpha value is -3.68. The average Bonchev–Trinajstić information content (AvgIpc) is 3.32. The highest BCUT2D eigenvalue weighted by atomic mass is 19.1. The van der Waals surface area contributed by atoms with E-state index in [1.807, 2.05) is 43.5 Å². The molecule has 0 aliphatic rings. The SMILES string of the molecule is CCCC(NC(=O)NCc1ccc(F)cc1)C(=O)NCc1ccccc1-n1cccn1. The second-order valence-electron chi connectivity index (χ2n) is 7.09. The molecule has 0 fully saturated rings. The van der Waals surface area contributed by atoms with Gasteiger partial charge in [0.2, 0.25) is 5.91 Å². The highest BCUT2D eigenvalue weighted by Gasteiger charge is 2.20. The molecule has 0 spiro atoms. The first kappa shape index (κ1) is 22.0. The van der Waals surface area contributed by atoms with Crippen LogP contribution in [0.1, 0.15) is 30.9 Å². The van der Waals surface area contributed by atoms with Gasteiger partial charge in [0.1, 0.15) is 11.9 Å². The number of rotatable bonds is 9. The van der Waals surface area contributed by atoms with Crippen LogP contribution < -0.4 is 16.0 Å². The van der Waals surface area contributed by atoms with E-state index < -0.39 is 12.1 Å². The maximum atomic E-state index is 13.0. The molecule has 1 aromatic heterocycles. The fourth-order valence-corrected chi connectivity index (χ4v) is 3.15. The first-order valence-corrected chi connectivity index (χ1v) is 10.2. The fourth-order valence-electron chi connectivity index (χ4n) is 3.15. The number of nitrogens with one attached hydrogen (secondary N) is 3. The second-order valence-corrected chi connectivity index (χ2v) is 7.09. The zero-order valence-electron chi connectivity index (χ0n) is 17.3. The van der Waals surface area contributed by atoms with Gasteiger partial charge >= 0.3 is 6.03 Å². The summed E-state index contributed by atoms with van der Waals surface area (Å²) in [6.45, 7) is 2.50. The smallest absolute Gasteiger partial charge is 0.315 e. The van der Waals surface area contributed by atoms with Gasteiger partial charge in [0, 0.05) is 25.5 Å². The number of halogens is 1. The van der Waals surface area contributed by atoms with Gasteiger partial charge in [-0.05, 0) is 41.8 Å². The molecule has 0 aliphatic heterocycles. The molecule has 3 aromatic rings. The van der Waals surface area contributed by atoms with E-state index in [9.17, 15) is 14.0 Å². The molecule has 1 heterocycles. The van der Waals surface area contributed by atoms with Crippen LogP contribution in [0.5, 0.6) is 0 Å². The molecule has 3 amide bonds. The number of urea groups is 1. The van der Waals surface area contributed by atoms with Crippen molar-refractivity contribution < 1.29 is 14.0 Å². The van der Waals surface area contributed by atoms with Crippen molar-refractivity contribution in [3.8, 4) is 5.69 Å². The van der Waals surface area contributed by atoms with E-state index in [2.05, 4.69) is 21.0 Å². The van der Waals surface area contributed by atoms with Crippen molar-refractivity contribution in [2.45, 2.75) is 38.9 Å². The molecule has 0 radical (unpaired) electrons. The molecular formula is C23H26FN5O2. The Morgan fingerprint density at radius 1 is 1.03 bits per heavy atom. The molecule has 3 N–H and O–H groups in total. The first-order chi connectivity index (χ1) is 15.1. The van der Waals surface area contributed by atoms with Crippen LogP contribution in [0.4, 0.5) is 9.18 Å². The Bertz CT molecular complexity index is 989. The monoisotopic (exact) mass is 423 g/mol. The highest BCUT2D eigenvalue weighted by Crippen LogP contribution is 2.13. The van der Waals surface area contributed by atoms with Crippen LogP contribution in [0.15, 0.2) is 67.0 Å². The minimum Gasteiger partial charge on any atom is -0.350 e. The molecule has 2 aromatic carbocycles. The minimum atomic E-state index is -0.657. The van der Waals surface area contributed by atoms with E-state index in [0.29, 0.717) is 13.0 Å². The maximum Gasteiger partial charge on any atom is 0.315 e. The van der Waals surface area contributed by atoms with Crippen molar-refractivity contribution in [3.63, 3.8) is 0 Å². The summed E-state index contributed by atoms with van der Waals surface area (Å²) in [5.41, 5.74) is 2.56. The number of benzene rings is 2. The molecular weight excluding hydrogens is 397 g/mol. The third-order valence-corrected chi connectivity index (χ3v) is 4.76. The van der Waals surface area contributed by atoms with Crippen molar-refractivity contribution in [1.82, 2.24) is 25.7 Å². The topological polar surface area (TPSA) is 88.0 Å². The van der Waals surface area contributed by atoms with E-state index in [4.69, 9.17) is 0 Å². The molecule has 0 saturated heterocycles. The lowest BCUT2D eigenvalue weighted by Gasteiger charge is -2.19. The largest absolute Gasteiger partial charge is 0.350 e. The normalized spacial score (nSPS) is 11.5. The van der Waals surface area contributed by atoms with Crippen molar-refractivity contribution in [2.24, 2.45) is 0 Å². The van der Waals surface area contributed by atoms with Crippen LogP contribution >= 0.6 is 0 Å². The van der Waals surface area contributed by atoms with Gasteiger partial charge in [-0.15, -0.1) is 0 Å². The number of amides is 3. The van der Waals surface area contributed by atoms with Crippen molar-refractivity contribution >= 4 is 11.9 Å². The Morgan fingerprint density at radius 2 is 1.81 bits per heavy atom. The molecule has 8 heteroatoms. The third kappa shape index (κ3) is 6.40. The molecule has 1 unspecified atom stereocenters. The minimum absolute atomic E-state index is 0.240. The van der Waals surface area contributed by atoms with Crippen LogP contribution in [0.25, 0.3) is 5.69 Å². The summed E-state index contributed by atoms with van der Waals surface area (Å²) in [5, 5.41) is 12.6. The van der Waals surface area contributed by atoms with Gasteiger partial charge in [0.25, 0.3) is 0 Å². The van der Waals surface area contributed by atoms with E-state index in [-0.39, 0.29) is 18.3 Å². The van der Waals surface area contributed by atoms with E-state index >= 15 is 0 Å². The van der Waals surface area contributed by atoms with Crippen molar-refractivity contribution in [2.75, 3.05) is 0 Å². The number of hydrogen-bond acceptors (Lipinski definition) is 3. The highest BCUT2D eigenvalue weighted by molar-refractivity contribution is 5.87. The molecule has 3 rings (SSSR count). The summed E-state index contributed by atoms with van der Waals surface area (Å²) in [6.07, 6.45) is 4.78. The molecule has 31 heavy (non-hydrogen) atoms. The summed E-state index contributed by atoms with van der Waals surface area (Å²) in [4.78, 5) is 25.0. The van der Waals surface area contributed by atoms with Gasteiger partial charge in [-0.2, -0.15) is 5.10 Å². The third-order valence-electron chi connectivity index (χ3n) is 4.76. The zero-order chi connectivity index (χ0) is 22.1. The number of carbonyl (C=O) groups excluding carboxylic acids is 2. The van der Waals surface area contributed by atoms with Gasteiger partial charge in [-0.25, -0.2) is 13.9 Å². The second kappa shape index (κ2) is 10.9. The summed E-state index contributed by atoms with van der Waals surface area (Å²) < 4.78 is 14.7. The van der Waals surface area contributed by atoms with Crippen LogP contribution in [0, 0.1) is 5.82 Å². The number of para-hydroxylation sites is 1. The van der Waals surface area contributed by atoms with Gasteiger partial charge in [-0.3, -0.25) is 4.79 Å². The summed E-state index contributed by atoms with van der Waals surface area (Å²) in [6, 6.07) is 14.3. The van der Waals surface area contributed by atoms with E-state index in [1.165, 1.54) is 12.1 Å². The number of nitrogens with zero attached hydrogens (tertiary/aromatic N) is 2. The molecule has 1 atom stereocenters. The predicted octanol–water partition coefficient (Wildman–Crippen LogP) is 3.30. The first-order valence-electron chi connectivity index (χ1n) is 10.2. The number of hydrogen-bond donors (Lipinski definition) is 3. The summed E-state index contributed by atoms with van der Waals surface area (Å²) >= 11 is 0. The van der Waals surface area contributed by atoms with Crippen LogP contribution in [0.3, 0.4) is 0 Å². The van der Waals surface area contributed by atoms with Crippen LogP contribution in [0.2, 0.25) is 0 Å². The van der Waals surface area contributed by atoms with Crippen LogP contribution in [-0.4, -0.2) is 27.8 Å². The van der Waals surface area contributed by atoms with Gasteiger partial charge in [-0.1, -0.05) is 43.7 Å². The van der Waals surface area contributed by atoms with Gasteiger partial charge < -0.3 is 16.0 Å². The quantitative estimate of drug-likeness (QED) is 0.493. The number of aromatic nitrogens is 2. The zero-order valence-corrected chi connectivity index (χ0v) is 17.3. The summed E-state index contributed by atoms with van der Waals surface area (Å²) in [7, 11) is 0.